The average molecular weight is 337 g/mol. The van der Waals surface area contributed by atoms with E-state index in [0.29, 0.717) is 0 Å². The highest BCUT2D eigenvalue weighted by Gasteiger charge is 2.32. The molecule has 1 atom stereocenters. The lowest BCUT2D eigenvalue weighted by Gasteiger charge is -2.37. The normalized spacial score (nSPS) is 18.5. The molecule has 4 rings (SSSR count). The highest BCUT2D eigenvalue weighted by molar-refractivity contribution is 6.00. The predicted molar refractivity (Wildman–Crippen MR) is 99.4 cm³/mol. The van der Waals surface area contributed by atoms with Crippen molar-refractivity contribution in [1.82, 2.24) is 5.32 Å². The van der Waals surface area contributed by atoms with Crippen molar-refractivity contribution in [2.75, 3.05) is 42.6 Å². The number of rotatable bonds is 3. The fourth-order valence-electron chi connectivity index (χ4n) is 3.65. The Bertz CT molecular complexity index is 757. The summed E-state index contributed by atoms with van der Waals surface area (Å²) in [6.45, 7) is 5.98. The van der Waals surface area contributed by atoms with Gasteiger partial charge in [-0.3, -0.25) is 9.69 Å². The fourth-order valence-corrected chi connectivity index (χ4v) is 3.65. The van der Waals surface area contributed by atoms with Gasteiger partial charge >= 0.3 is 0 Å². The number of amides is 1. The third-order valence-electron chi connectivity index (χ3n) is 4.97. The van der Waals surface area contributed by atoms with Crippen LogP contribution in [0.4, 0.5) is 11.4 Å². The quantitative estimate of drug-likeness (QED) is 0.935. The zero-order chi connectivity index (χ0) is 17.2. The van der Waals surface area contributed by atoms with E-state index >= 15 is 0 Å². The standard InChI is InChI=1S/C20H23N3O2/c1-15(16-6-3-2-4-7-16)23-18-9-5-8-17(20(18)25-14-19(23)24)22-12-10-21-11-13-22/h2-9,15,21H,10-14H2,1H3. The molecule has 0 bridgehead atoms. The molecule has 130 valence electrons. The van der Waals surface area contributed by atoms with Crippen molar-refractivity contribution in [1.29, 1.82) is 0 Å². The molecule has 1 unspecified atom stereocenters. The van der Waals surface area contributed by atoms with Crippen LogP contribution in [0.15, 0.2) is 48.5 Å². The maximum absolute atomic E-state index is 12.6. The first-order chi connectivity index (χ1) is 12.3. The minimum atomic E-state index is -0.0328. The Balaban J connectivity index is 1.73. The smallest absolute Gasteiger partial charge is 0.265 e. The van der Waals surface area contributed by atoms with Gasteiger partial charge in [-0.05, 0) is 24.6 Å². The molecule has 0 spiro atoms. The van der Waals surface area contributed by atoms with E-state index in [9.17, 15) is 4.79 Å². The van der Waals surface area contributed by atoms with Crippen molar-refractivity contribution in [3.05, 3.63) is 54.1 Å². The number of ether oxygens (including phenoxy) is 1. The molecule has 25 heavy (non-hydrogen) atoms. The first-order valence-electron chi connectivity index (χ1n) is 8.84. The number of benzene rings is 2. The average Bonchev–Trinajstić information content (AvgIpc) is 2.68. The van der Waals surface area contributed by atoms with E-state index in [1.54, 1.807) is 0 Å². The molecule has 0 radical (unpaired) electrons. The number of piperazine rings is 1. The molecule has 2 heterocycles. The molecule has 1 N–H and O–H groups in total. The first-order valence-corrected chi connectivity index (χ1v) is 8.84. The van der Waals surface area contributed by atoms with Crippen molar-refractivity contribution in [3.63, 3.8) is 0 Å². The number of nitrogens with zero attached hydrogens (tertiary/aromatic N) is 2. The van der Waals surface area contributed by atoms with Crippen molar-refractivity contribution < 1.29 is 9.53 Å². The van der Waals surface area contributed by atoms with E-state index < -0.39 is 0 Å². The third-order valence-corrected chi connectivity index (χ3v) is 4.97. The number of carbonyl (C=O) groups excluding carboxylic acids is 1. The lowest BCUT2D eigenvalue weighted by Crippen LogP contribution is -2.45. The van der Waals surface area contributed by atoms with E-state index in [2.05, 4.69) is 35.3 Å². The van der Waals surface area contributed by atoms with Crippen LogP contribution in [0.3, 0.4) is 0 Å². The molecule has 5 heteroatoms. The highest BCUT2D eigenvalue weighted by atomic mass is 16.5. The summed E-state index contributed by atoms with van der Waals surface area (Å²) in [5, 5.41) is 3.37. The molecular weight excluding hydrogens is 314 g/mol. The molecule has 1 amide bonds. The molecular formula is C20H23N3O2. The Labute approximate surface area is 148 Å². The largest absolute Gasteiger partial charge is 0.479 e. The molecule has 2 aromatic rings. The Morgan fingerprint density at radius 3 is 2.48 bits per heavy atom. The van der Waals surface area contributed by atoms with Gasteiger partial charge in [0, 0.05) is 26.2 Å². The molecule has 1 saturated heterocycles. The van der Waals surface area contributed by atoms with Crippen LogP contribution in [0.2, 0.25) is 0 Å². The van der Waals surface area contributed by atoms with Crippen LogP contribution in [0.25, 0.3) is 0 Å². The summed E-state index contributed by atoms with van der Waals surface area (Å²) in [6, 6.07) is 16.2. The second-order valence-corrected chi connectivity index (χ2v) is 6.50. The van der Waals surface area contributed by atoms with Crippen molar-refractivity contribution in [3.8, 4) is 5.75 Å². The van der Waals surface area contributed by atoms with E-state index in [1.807, 2.05) is 35.2 Å². The molecule has 0 aliphatic carbocycles. The number of nitrogens with one attached hydrogen (secondary N) is 1. The van der Waals surface area contributed by atoms with Crippen LogP contribution >= 0.6 is 0 Å². The summed E-state index contributed by atoms with van der Waals surface area (Å²) < 4.78 is 5.88. The number of hydrogen-bond donors (Lipinski definition) is 1. The predicted octanol–water partition coefficient (Wildman–Crippen LogP) is 2.58. The minimum absolute atomic E-state index is 0.00122. The van der Waals surface area contributed by atoms with Crippen molar-refractivity contribution >= 4 is 17.3 Å². The monoisotopic (exact) mass is 337 g/mol. The maximum atomic E-state index is 12.6. The number of anilines is 2. The topological polar surface area (TPSA) is 44.8 Å². The van der Waals surface area contributed by atoms with Gasteiger partial charge in [0.2, 0.25) is 0 Å². The lowest BCUT2D eigenvalue weighted by molar-refractivity contribution is -0.121. The maximum Gasteiger partial charge on any atom is 0.265 e. The SMILES string of the molecule is CC(c1ccccc1)N1C(=O)COc2c(N3CCNCC3)cccc21. The Kier molecular flexibility index (Phi) is 4.32. The minimum Gasteiger partial charge on any atom is -0.479 e. The molecule has 2 aromatic carbocycles. The van der Waals surface area contributed by atoms with E-state index in [4.69, 9.17) is 4.74 Å². The van der Waals surface area contributed by atoms with E-state index in [1.165, 1.54) is 0 Å². The van der Waals surface area contributed by atoms with Gasteiger partial charge in [0.05, 0.1) is 17.4 Å². The van der Waals surface area contributed by atoms with Gasteiger partial charge in [-0.2, -0.15) is 0 Å². The summed E-state index contributed by atoms with van der Waals surface area (Å²) in [7, 11) is 0. The van der Waals surface area contributed by atoms with Crippen LogP contribution in [-0.2, 0) is 4.79 Å². The summed E-state index contributed by atoms with van der Waals surface area (Å²) in [4.78, 5) is 16.8. The van der Waals surface area contributed by atoms with Crippen LogP contribution < -0.4 is 19.9 Å². The van der Waals surface area contributed by atoms with Gasteiger partial charge < -0.3 is 15.0 Å². The number of fused-ring (bicyclic) bond motifs is 1. The summed E-state index contributed by atoms with van der Waals surface area (Å²) >= 11 is 0. The molecule has 1 fully saturated rings. The number of hydrogen-bond acceptors (Lipinski definition) is 4. The molecule has 2 aliphatic rings. The second-order valence-electron chi connectivity index (χ2n) is 6.50. The van der Waals surface area contributed by atoms with Gasteiger partial charge in [-0.1, -0.05) is 36.4 Å². The van der Waals surface area contributed by atoms with Gasteiger partial charge in [0.15, 0.2) is 12.4 Å². The highest BCUT2D eigenvalue weighted by Crippen LogP contribution is 2.43. The summed E-state index contributed by atoms with van der Waals surface area (Å²) in [6.07, 6.45) is 0. The van der Waals surface area contributed by atoms with Gasteiger partial charge in [0.1, 0.15) is 0 Å². The van der Waals surface area contributed by atoms with Gasteiger partial charge in [-0.25, -0.2) is 0 Å². The Morgan fingerprint density at radius 2 is 1.72 bits per heavy atom. The molecule has 2 aliphatic heterocycles. The Morgan fingerprint density at radius 1 is 1.00 bits per heavy atom. The number of carbonyl (C=O) groups is 1. The first kappa shape index (κ1) is 16.0. The summed E-state index contributed by atoms with van der Waals surface area (Å²) in [5.74, 6) is 0.827. The second kappa shape index (κ2) is 6.76. The molecule has 0 saturated carbocycles. The lowest BCUT2D eigenvalue weighted by atomic mass is 10.0. The third kappa shape index (κ3) is 2.96. The molecule has 5 nitrogen and oxygen atoms in total. The van der Waals surface area contributed by atoms with Gasteiger partial charge in [-0.15, -0.1) is 0 Å². The van der Waals surface area contributed by atoms with E-state index in [0.717, 1.165) is 48.9 Å². The van der Waals surface area contributed by atoms with E-state index in [-0.39, 0.29) is 18.6 Å². The molecule has 0 aromatic heterocycles. The van der Waals surface area contributed by atoms with Crippen LogP contribution in [0.5, 0.6) is 5.75 Å². The fraction of sp³-hybridized carbons (Fsp3) is 0.350. The van der Waals surface area contributed by atoms with Crippen LogP contribution in [-0.4, -0.2) is 38.7 Å². The summed E-state index contributed by atoms with van der Waals surface area (Å²) in [5.41, 5.74) is 3.07. The van der Waals surface area contributed by atoms with Crippen molar-refractivity contribution in [2.45, 2.75) is 13.0 Å². The Hall–Kier alpha value is -2.53. The van der Waals surface area contributed by atoms with Crippen LogP contribution in [0.1, 0.15) is 18.5 Å². The van der Waals surface area contributed by atoms with Crippen LogP contribution in [0, 0.1) is 0 Å². The van der Waals surface area contributed by atoms with Gasteiger partial charge in [0.25, 0.3) is 5.91 Å². The zero-order valence-corrected chi connectivity index (χ0v) is 14.4. The zero-order valence-electron chi connectivity index (χ0n) is 14.4. The number of para-hydroxylation sites is 1. The van der Waals surface area contributed by atoms with Crippen molar-refractivity contribution in [2.24, 2.45) is 0 Å².